The van der Waals surface area contributed by atoms with Crippen LogP contribution in [-0.2, 0) is 16.4 Å². The second-order valence-corrected chi connectivity index (χ2v) is 6.70. The normalized spacial score (nSPS) is 19.2. The van der Waals surface area contributed by atoms with E-state index in [9.17, 15) is 18.0 Å². The van der Waals surface area contributed by atoms with E-state index in [1.165, 1.54) is 24.5 Å². The molecule has 2 aromatic heterocycles. The number of alkyl halides is 3. The number of nitrogens with one attached hydrogen (secondary N) is 2. The minimum Gasteiger partial charge on any atom is -0.418 e. The van der Waals surface area contributed by atoms with Gasteiger partial charge >= 0.3 is 6.18 Å². The topological polar surface area (TPSA) is 106 Å². The Balaban J connectivity index is 1.62. The van der Waals surface area contributed by atoms with Crippen LogP contribution in [0.15, 0.2) is 41.1 Å². The van der Waals surface area contributed by atoms with Crippen LogP contribution >= 0.6 is 0 Å². The lowest BCUT2D eigenvalue weighted by molar-refractivity contribution is -0.137. The summed E-state index contributed by atoms with van der Waals surface area (Å²) in [6, 6.07) is 4.49. The number of carbonyl (C=O) groups is 1. The number of nitrogens with zero attached hydrogens (tertiary/aromatic N) is 4. The third-order valence-electron chi connectivity index (χ3n) is 4.68. The fourth-order valence-electron chi connectivity index (χ4n) is 2.95. The van der Waals surface area contributed by atoms with Gasteiger partial charge in [0.15, 0.2) is 11.5 Å². The first-order valence-electron chi connectivity index (χ1n) is 8.65. The van der Waals surface area contributed by atoms with E-state index in [0.29, 0.717) is 18.7 Å². The maximum atomic E-state index is 12.7. The van der Waals surface area contributed by atoms with Crippen LogP contribution in [0.2, 0.25) is 0 Å². The van der Waals surface area contributed by atoms with Gasteiger partial charge in [-0.3, -0.25) is 4.79 Å². The van der Waals surface area contributed by atoms with E-state index in [1.807, 2.05) is 0 Å². The van der Waals surface area contributed by atoms with E-state index in [-0.39, 0.29) is 29.2 Å². The van der Waals surface area contributed by atoms with Crippen LogP contribution in [0.25, 0.3) is 11.6 Å². The fourth-order valence-corrected chi connectivity index (χ4v) is 2.95. The van der Waals surface area contributed by atoms with E-state index < -0.39 is 17.2 Å². The Bertz CT molecular complexity index is 1050. The van der Waals surface area contributed by atoms with Crippen molar-refractivity contribution in [3.8, 4) is 11.6 Å². The number of rotatable bonds is 4. The van der Waals surface area contributed by atoms with Crippen molar-refractivity contribution in [2.75, 3.05) is 11.9 Å². The number of hydrogen-bond donors (Lipinski definition) is 2. The average molecular weight is 404 g/mol. The van der Waals surface area contributed by atoms with Crippen LogP contribution in [0.3, 0.4) is 0 Å². The van der Waals surface area contributed by atoms with Crippen molar-refractivity contribution >= 4 is 17.4 Å². The summed E-state index contributed by atoms with van der Waals surface area (Å²) in [4.78, 5) is 20.4. The maximum absolute atomic E-state index is 12.7. The summed E-state index contributed by atoms with van der Waals surface area (Å²) in [5, 5.41) is 13.6. The van der Waals surface area contributed by atoms with Crippen LogP contribution in [0.4, 0.5) is 24.7 Å². The summed E-state index contributed by atoms with van der Waals surface area (Å²) in [6.45, 7) is 2.23. The molecular formula is C18H15F3N6O2. The minimum atomic E-state index is -4.42. The predicted octanol–water partition coefficient (Wildman–Crippen LogP) is 3.07. The highest BCUT2D eigenvalue weighted by Crippen LogP contribution is 2.34. The van der Waals surface area contributed by atoms with E-state index in [4.69, 9.17) is 4.42 Å². The van der Waals surface area contributed by atoms with Crippen LogP contribution < -0.4 is 10.6 Å². The maximum Gasteiger partial charge on any atom is 0.416 e. The summed E-state index contributed by atoms with van der Waals surface area (Å²) < 4.78 is 43.9. The quantitative estimate of drug-likeness (QED) is 0.688. The molecule has 1 aromatic carbocycles. The van der Waals surface area contributed by atoms with Gasteiger partial charge in [0.2, 0.25) is 11.8 Å². The fraction of sp³-hybridized carbons (Fsp3) is 0.278. The van der Waals surface area contributed by atoms with Crippen molar-refractivity contribution in [3.63, 3.8) is 0 Å². The Morgan fingerprint density at radius 1 is 1.14 bits per heavy atom. The molecule has 0 bridgehead atoms. The van der Waals surface area contributed by atoms with Gasteiger partial charge < -0.3 is 15.1 Å². The molecule has 11 heteroatoms. The van der Waals surface area contributed by atoms with Crippen LogP contribution in [0, 0.1) is 0 Å². The molecule has 3 heterocycles. The van der Waals surface area contributed by atoms with Gasteiger partial charge in [-0.25, -0.2) is 9.97 Å². The van der Waals surface area contributed by atoms with Gasteiger partial charge in [0, 0.05) is 24.6 Å². The van der Waals surface area contributed by atoms with E-state index in [2.05, 4.69) is 30.8 Å². The second kappa shape index (κ2) is 6.83. The van der Waals surface area contributed by atoms with Crippen molar-refractivity contribution in [1.82, 2.24) is 25.5 Å². The minimum absolute atomic E-state index is 0.0448. The third kappa shape index (κ3) is 3.50. The molecule has 150 valence electrons. The van der Waals surface area contributed by atoms with Gasteiger partial charge in [-0.2, -0.15) is 13.2 Å². The molecule has 2 N–H and O–H groups in total. The molecule has 8 nitrogen and oxygen atoms in total. The molecule has 1 saturated heterocycles. The lowest BCUT2D eigenvalue weighted by atomic mass is 9.89. The number of amides is 1. The first kappa shape index (κ1) is 18.8. The second-order valence-electron chi connectivity index (χ2n) is 6.70. The number of aromatic nitrogens is 4. The van der Waals surface area contributed by atoms with Crippen LogP contribution in [0.1, 0.15) is 24.8 Å². The zero-order chi connectivity index (χ0) is 20.6. The van der Waals surface area contributed by atoms with Crippen LogP contribution in [0.5, 0.6) is 0 Å². The van der Waals surface area contributed by atoms with E-state index >= 15 is 0 Å². The summed E-state index contributed by atoms with van der Waals surface area (Å²) in [7, 11) is 0. The van der Waals surface area contributed by atoms with Gasteiger partial charge in [0.05, 0.1) is 5.56 Å². The molecule has 4 rings (SSSR count). The van der Waals surface area contributed by atoms with Crippen molar-refractivity contribution in [3.05, 3.63) is 48.1 Å². The molecule has 3 aromatic rings. The molecular weight excluding hydrogens is 389 g/mol. The monoisotopic (exact) mass is 404 g/mol. The molecule has 0 unspecified atom stereocenters. The van der Waals surface area contributed by atoms with Crippen molar-refractivity contribution in [1.29, 1.82) is 0 Å². The third-order valence-corrected chi connectivity index (χ3v) is 4.68. The first-order chi connectivity index (χ1) is 13.8. The standard InChI is InChI=1S/C18H15F3N6O2/c1-17(6-7-24-15(17)28)16-27-26-14(29-16)12-13(23-9-8-22-12)25-11-4-2-10(3-5-11)18(19,20)21/h2-5,8-9H,6-7H2,1H3,(H,23,25)(H,24,28)/t17-/m0/s1. The zero-order valence-corrected chi connectivity index (χ0v) is 15.1. The molecule has 1 amide bonds. The SMILES string of the molecule is C[C@]1(c2nnc(-c3nccnc3Nc3ccc(C(F)(F)F)cc3)o2)CCNC1=O. The highest BCUT2D eigenvalue weighted by molar-refractivity contribution is 5.88. The van der Waals surface area contributed by atoms with Crippen molar-refractivity contribution in [2.45, 2.75) is 24.9 Å². The van der Waals surface area contributed by atoms with Gasteiger partial charge in [-0.05, 0) is 37.6 Å². The largest absolute Gasteiger partial charge is 0.418 e. The van der Waals surface area contributed by atoms with E-state index in [1.54, 1.807) is 6.92 Å². The number of benzene rings is 1. The predicted molar refractivity (Wildman–Crippen MR) is 95.0 cm³/mol. The van der Waals surface area contributed by atoms with Gasteiger partial charge in [0.25, 0.3) is 5.89 Å². The molecule has 0 radical (unpaired) electrons. The number of anilines is 2. The number of halogens is 3. The molecule has 1 aliphatic heterocycles. The smallest absolute Gasteiger partial charge is 0.416 e. The summed E-state index contributed by atoms with van der Waals surface area (Å²) in [5.41, 5.74) is -1.09. The summed E-state index contributed by atoms with van der Waals surface area (Å²) in [6.07, 6.45) is -1.07. The number of carbonyl (C=O) groups excluding carboxylic acids is 1. The van der Waals surface area contributed by atoms with Crippen molar-refractivity contribution < 1.29 is 22.4 Å². The molecule has 1 aliphatic rings. The summed E-state index contributed by atoms with van der Waals surface area (Å²) in [5.74, 6) is 0.232. The Labute approximate surface area is 162 Å². The number of hydrogen-bond acceptors (Lipinski definition) is 7. The zero-order valence-electron chi connectivity index (χ0n) is 15.1. The Morgan fingerprint density at radius 3 is 2.52 bits per heavy atom. The first-order valence-corrected chi connectivity index (χ1v) is 8.65. The van der Waals surface area contributed by atoms with Gasteiger partial charge in [-0.15, -0.1) is 10.2 Å². The molecule has 1 atom stereocenters. The molecule has 0 saturated carbocycles. The van der Waals surface area contributed by atoms with Gasteiger partial charge in [0.1, 0.15) is 5.41 Å². The average Bonchev–Trinajstić information content (AvgIpc) is 3.30. The highest BCUT2D eigenvalue weighted by atomic mass is 19.4. The van der Waals surface area contributed by atoms with Crippen molar-refractivity contribution in [2.24, 2.45) is 0 Å². The van der Waals surface area contributed by atoms with E-state index in [0.717, 1.165) is 12.1 Å². The van der Waals surface area contributed by atoms with Gasteiger partial charge in [-0.1, -0.05) is 0 Å². The Hall–Kier alpha value is -3.50. The Morgan fingerprint density at radius 2 is 1.86 bits per heavy atom. The Kier molecular flexibility index (Phi) is 4.44. The molecule has 0 spiro atoms. The lowest BCUT2D eigenvalue weighted by Gasteiger charge is -2.14. The molecule has 1 fully saturated rings. The van der Waals surface area contributed by atoms with Crippen LogP contribution in [-0.4, -0.2) is 32.6 Å². The lowest BCUT2D eigenvalue weighted by Crippen LogP contribution is -2.32. The summed E-state index contributed by atoms with van der Waals surface area (Å²) >= 11 is 0. The molecule has 0 aliphatic carbocycles. The highest BCUT2D eigenvalue weighted by Gasteiger charge is 2.44. The molecule has 29 heavy (non-hydrogen) atoms.